The number of nitrogens with one attached hydrogen (secondary N) is 1. The van der Waals surface area contributed by atoms with Gasteiger partial charge in [0, 0.05) is 30.9 Å². The topological polar surface area (TPSA) is 31.9 Å². The molecule has 1 unspecified atom stereocenters. The van der Waals surface area contributed by atoms with Crippen LogP contribution in [0.3, 0.4) is 0 Å². The monoisotopic (exact) mass is 367 g/mol. The Hall–Kier alpha value is -1.91. The summed E-state index contributed by atoms with van der Waals surface area (Å²) in [6.07, 6.45) is 7.68. The number of H-pyrrole nitrogens is 1. The van der Waals surface area contributed by atoms with Crippen LogP contribution in [0.4, 0.5) is 0 Å². The van der Waals surface area contributed by atoms with Crippen molar-refractivity contribution < 1.29 is 0 Å². The molecule has 4 heteroatoms. The lowest BCUT2D eigenvalue weighted by Crippen LogP contribution is -2.30. The van der Waals surface area contributed by atoms with E-state index in [9.17, 15) is 0 Å². The third-order valence-corrected chi connectivity index (χ3v) is 4.85. The molecule has 1 atom stereocenters. The lowest BCUT2D eigenvalue weighted by molar-refractivity contribution is 0.202. The van der Waals surface area contributed by atoms with Gasteiger partial charge in [-0.05, 0) is 40.0 Å². The molecule has 1 aliphatic rings. The molecule has 0 saturated carbocycles. The lowest BCUT2D eigenvalue weighted by Gasteiger charge is -2.32. The maximum atomic E-state index is 4.69. The quantitative estimate of drug-likeness (QED) is 0.531. The molecule has 0 radical (unpaired) electrons. The maximum Gasteiger partial charge on any atom is 0.106 e. The van der Waals surface area contributed by atoms with E-state index in [2.05, 4.69) is 85.5 Å². The Kier molecular flexibility index (Phi) is 4.02. The smallest absolute Gasteiger partial charge is 0.106 e. The van der Waals surface area contributed by atoms with Gasteiger partial charge in [0.25, 0.3) is 0 Å². The third-order valence-electron chi connectivity index (χ3n) is 4.41. The van der Waals surface area contributed by atoms with Crippen molar-refractivity contribution in [2.75, 3.05) is 6.54 Å². The summed E-state index contributed by atoms with van der Waals surface area (Å²) in [5, 5.41) is 0. The van der Waals surface area contributed by atoms with Gasteiger partial charge in [0.2, 0.25) is 0 Å². The van der Waals surface area contributed by atoms with Crippen molar-refractivity contribution in [2.24, 2.45) is 0 Å². The van der Waals surface area contributed by atoms with Crippen molar-refractivity contribution in [1.29, 1.82) is 0 Å². The molecule has 0 amide bonds. The predicted octanol–water partition coefficient (Wildman–Crippen LogP) is 4.83. The summed E-state index contributed by atoms with van der Waals surface area (Å²) in [6, 6.07) is 15.1. The van der Waals surface area contributed by atoms with Crippen molar-refractivity contribution in [3.8, 4) is 0 Å². The summed E-state index contributed by atoms with van der Waals surface area (Å²) in [4.78, 5) is 10.6. The summed E-state index contributed by atoms with van der Waals surface area (Å²) in [7, 11) is 0. The van der Waals surface area contributed by atoms with Gasteiger partial charge in [0.05, 0.1) is 11.0 Å². The zero-order chi connectivity index (χ0) is 15.6. The Bertz CT molecular complexity index is 838. The first-order valence-electron chi connectivity index (χ1n) is 7.88. The lowest BCUT2D eigenvalue weighted by atomic mass is 9.99. The second kappa shape index (κ2) is 6.30. The average Bonchev–Trinajstić information content (AvgIpc) is 2.99. The Morgan fingerprint density at radius 3 is 2.87 bits per heavy atom. The van der Waals surface area contributed by atoms with Gasteiger partial charge in [-0.15, -0.1) is 0 Å². The summed E-state index contributed by atoms with van der Waals surface area (Å²) < 4.78 is 0.881. The van der Waals surface area contributed by atoms with E-state index in [0.717, 1.165) is 35.1 Å². The van der Waals surface area contributed by atoms with E-state index < -0.39 is 0 Å². The first kappa shape index (κ1) is 14.7. The first-order chi connectivity index (χ1) is 11.3. The minimum absolute atomic E-state index is 0.357. The minimum Gasteiger partial charge on any atom is -0.360 e. The molecule has 1 N–H and O–H groups in total. The van der Waals surface area contributed by atoms with Crippen LogP contribution in [0, 0.1) is 0 Å². The molecular weight excluding hydrogens is 350 g/mol. The van der Waals surface area contributed by atoms with Crippen molar-refractivity contribution in [3.63, 3.8) is 0 Å². The Morgan fingerprint density at radius 1 is 1.13 bits per heavy atom. The number of benzene rings is 1. The summed E-state index contributed by atoms with van der Waals surface area (Å²) in [6.45, 7) is 1.93. The highest BCUT2D eigenvalue weighted by molar-refractivity contribution is 9.10. The molecule has 3 nitrogen and oxygen atoms in total. The van der Waals surface area contributed by atoms with Gasteiger partial charge >= 0.3 is 0 Å². The van der Waals surface area contributed by atoms with Crippen LogP contribution in [-0.2, 0) is 6.54 Å². The standard InChI is InChI=1S/C19H18BrN3/c20-18-10-9-16-19(22-18)15(12-21-16)17-8-4-5-11-23(17)13-14-6-2-1-3-7-14/h1-7,9-10,12,17,21H,8,11,13H2. The van der Waals surface area contributed by atoms with Crippen LogP contribution in [-0.4, -0.2) is 21.4 Å². The van der Waals surface area contributed by atoms with Crippen LogP contribution in [0.25, 0.3) is 11.0 Å². The molecule has 0 bridgehead atoms. The van der Waals surface area contributed by atoms with Crippen LogP contribution >= 0.6 is 15.9 Å². The number of hydrogen-bond acceptors (Lipinski definition) is 2. The SMILES string of the molecule is Brc1ccc2[nH]cc(C3CC=CCN3Cc3ccccc3)c2n1. The van der Waals surface area contributed by atoms with Crippen molar-refractivity contribution in [3.05, 3.63) is 76.5 Å². The fraction of sp³-hybridized carbons (Fsp3) is 0.211. The third kappa shape index (κ3) is 2.96. The van der Waals surface area contributed by atoms with Gasteiger partial charge in [-0.1, -0.05) is 42.5 Å². The molecule has 0 aliphatic carbocycles. The van der Waals surface area contributed by atoms with E-state index in [4.69, 9.17) is 0 Å². The molecule has 3 aromatic rings. The fourth-order valence-electron chi connectivity index (χ4n) is 3.28. The van der Waals surface area contributed by atoms with Gasteiger partial charge < -0.3 is 4.98 Å². The maximum absolute atomic E-state index is 4.69. The molecule has 3 heterocycles. The molecule has 1 aromatic carbocycles. The van der Waals surface area contributed by atoms with E-state index >= 15 is 0 Å². The van der Waals surface area contributed by atoms with E-state index in [1.54, 1.807) is 0 Å². The molecule has 116 valence electrons. The van der Waals surface area contributed by atoms with Crippen LogP contribution in [0.15, 0.2) is 65.4 Å². The number of nitrogens with zero attached hydrogens (tertiary/aromatic N) is 2. The number of rotatable bonds is 3. The zero-order valence-corrected chi connectivity index (χ0v) is 14.3. The Labute approximate surface area is 144 Å². The number of hydrogen-bond donors (Lipinski definition) is 1. The molecule has 0 fully saturated rings. The zero-order valence-electron chi connectivity index (χ0n) is 12.7. The highest BCUT2D eigenvalue weighted by Crippen LogP contribution is 2.33. The highest BCUT2D eigenvalue weighted by Gasteiger charge is 2.24. The minimum atomic E-state index is 0.357. The molecule has 0 saturated heterocycles. The van der Waals surface area contributed by atoms with Crippen molar-refractivity contribution in [1.82, 2.24) is 14.9 Å². The van der Waals surface area contributed by atoms with Crippen LogP contribution in [0.1, 0.15) is 23.6 Å². The van der Waals surface area contributed by atoms with Gasteiger partial charge in [-0.2, -0.15) is 0 Å². The molecule has 2 aromatic heterocycles. The van der Waals surface area contributed by atoms with E-state index in [0.29, 0.717) is 6.04 Å². The van der Waals surface area contributed by atoms with Crippen LogP contribution in [0.5, 0.6) is 0 Å². The molecular formula is C19H18BrN3. The first-order valence-corrected chi connectivity index (χ1v) is 8.67. The van der Waals surface area contributed by atoms with Gasteiger partial charge in [-0.3, -0.25) is 4.90 Å². The summed E-state index contributed by atoms with van der Waals surface area (Å²) in [5.74, 6) is 0. The molecule has 1 aliphatic heterocycles. The van der Waals surface area contributed by atoms with E-state index in [1.807, 2.05) is 6.07 Å². The number of aromatic nitrogens is 2. The Morgan fingerprint density at radius 2 is 2.00 bits per heavy atom. The average molecular weight is 368 g/mol. The molecule has 0 spiro atoms. The van der Waals surface area contributed by atoms with E-state index in [-0.39, 0.29) is 0 Å². The summed E-state index contributed by atoms with van der Waals surface area (Å²) >= 11 is 3.49. The van der Waals surface area contributed by atoms with Crippen LogP contribution < -0.4 is 0 Å². The molecule has 4 rings (SSSR count). The number of pyridine rings is 1. The predicted molar refractivity (Wildman–Crippen MR) is 97.1 cm³/mol. The Balaban J connectivity index is 1.69. The number of aromatic amines is 1. The fourth-order valence-corrected chi connectivity index (χ4v) is 3.59. The van der Waals surface area contributed by atoms with Crippen LogP contribution in [0.2, 0.25) is 0 Å². The normalized spacial score (nSPS) is 18.6. The largest absolute Gasteiger partial charge is 0.360 e. The molecule has 23 heavy (non-hydrogen) atoms. The van der Waals surface area contributed by atoms with Crippen molar-refractivity contribution in [2.45, 2.75) is 19.0 Å². The van der Waals surface area contributed by atoms with Gasteiger partial charge in [0.15, 0.2) is 0 Å². The van der Waals surface area contributed by atoms with E-state index in [1.165, 1.54) is 11.1 Å². The van der Waals surface area contributed by atoms with Crippen molar-refractivity contribution >= 4 is 27.0 Å². The number of halogens is 1. The summed E-state index contributed by atoms with van der Waals surface area (Å²) in [5.41, 5.74) is 4.79. The second-order valence-electron chi connectivity index (χ2n) is 5.91. The van der Waals surface area contributed by atoms with Gasteiger partial charge in [0.1, 0.15) is 4.60 Å². The second-order valence-corrected chi connectivity index (χ2v) is 6.72. The number of fused-ring (bicyclic) bond motifs is 1. The highest BCUT2D eigenvalue weighted by atomic mass is 79.9. The van der Waals surface area contributed by atoms with Gasteiger partial charge in [-0.25, -0.2) is 4.98 Å².